The van der Waals surface area contributed by atoms with Gasteiger partial charge in [0.05, 0.1) is 0 Å². The standard InChI is InChI=1S/C14H15N3O3/c18-12-4-3-11(14(20)17-12)16-13(19)9-1-2-10-8(7-9)5-6-15-10/h1-2,7,11,15H,3-6H2,(H,16,19)(H,17,18,20). The lowest BCUT2D eigenvalue weighted by Crippen LogP contribution is -2.52. The Morgan fingerprint density at radius 1 is 1.25 bits per heavy atom. The minimum atomic E-state index is -0.633. The van der Waals surface area contributed by atoms with Gasteiger partial charge in [0.15, 0.2) is 0 Å². The molecule has 0 saturated carbocycles. The van der Waals surface area contributed by atoms with Gasteiger partial charge in [-0.3, -0.25) is 19.7 Å². The fraction of sp³-hybridized carbons (Fsp3) is 0.357. The number of benzene rings is 1. The van der Waals surface area contributed by atoms with E-state index in [0.29, 0.717) is 12.0 Å². The molecule has 0 radical (unpaired) electrons. The molecule has 6 heteroatoms. The first-order chi connectivity index (χ1) is 9.63. The molecule has 0 spiro atoms. The van der Waals surface area contributed by atoms with E-state index in [2.05, 4.69) is 16.0 Å². The Kier molecular flexibility index (Phi) is 3.14. The van der Waals surface area contributed by atoms with Gasteiger partial charge in [-0.15, -0.1) is 0 Å². The molecular formula is C14H15N3O3. The molecule has 2 heterocycles. The highest BCUT2D eigenvalue weighted by Crippen LogP contribution is 2.23. The van der Waals surface area contributed by atoms with Crippen LogP contribution in [0.1, 0.15) is 28.8 Å². The van der Waals surface area contributed by atoms with Crippen molar-refractivity contribution in [2.45, 2.75) is 25.3 Å². The molecule has 6 nitrogen and oxygen atoms in total. The van der Waals surface area contributed by atoms with Crippen molar-refractivity contribution in [2.24, 2.45) is 0 Å². The number of carbonyl (C=O) groups is 3. The average Bonchev–Trinajstić information content (AvgIpc) is 2.89. The lowest BCUT2D eigenvalue weighted by Gasteiger charge is -2.21. The Bertz CT molecular complexity index is 597. The zero-order valence-electron chi connectivity index (χ0n) is 10.9. The van der Waals surface area contributed by atoms with Crippen molar-refractivity contribution in [2.75, 3.05) is 11.9 Å². The highest BCUT2D eigenvalue weighted by molar-refractivity contribution is 6.03. The third-order valence-electron chi connectivity index (χ3n) is 3.62. The van der Waals surface area contributed by atoms with Crippen molar-refractivity contribution in [3.8, 4) is 0 Å². The van der Waals surface area contributed by atoms with Crippen molar-refractivity contribution in [1.29, 1.82) is 0 Å². The average molecular weight is 273 g/mol. The van der Waals surface area contributed by atoms with Gasteiger partial charge < -0.3 is 10.6 Å². The molecule has 0 aromatic heterocycles. The van der Waals surface area contributed by atoms with Gasteiger partial charge in [-0.05, 0) is 36.6 Å². The lowest BCUT2D eigenvalue weighted by molar-refractivity contribution is -0.134. The van der Waals surface area contributed by atoms with Crippen molar-refractivity contribution in [1.82, 2.24) is 10.6 Å². The Morgan fingerprint density at radius 3 is 2.90 bits per heavy atom. The molecule has 20 heavy (non-hydrogen) atoms. The van der Waals surface area contributed by atoms with Gasteiger partial charge in [0.25, 0.3) is 5.91 Å². The van der Waals surface area contributed by atoms with E-state index in [9.17, 15) is 14.4 Å². The van der Waals surface area contributed by atoms with Gasteiger partial charge in [0.2, 0.25) is 11.8 Å². The largest absolute Gasteiger partial charge is 0.384 e. The second-order valence-electron chi connectivity index (χ2n) is 5.03. The summed E-state index contributed by atoms with van der Waals surface area (Å²) < 4.78 is 0. The van der Waals surface area contributed by atoms with Crippen LogP contribution in [0.4, 0.5) is 5.69 Å². The van der Waals surface area contributed by atoms with Crippen LogP contribution in [-0.2, 0) is 16.0 Å². The van der Waals surface area contributed by atoms with E-state index in [1.807, 2.05) is 12.1 Å². The summed E-state index contributed by atoms with van der Waals surface area (Å²) in [6.07, 6.45) is 1.50. The van der Waals surface area contributed by atoms with Gasteiger partial charge in [-0.1, -0.05) is 0 Å². The molecule has 0 aliphatic carbocycles. The molecule has 3 rings (SSSR count). The number of rotatable bonds is 2. The summed E-state index contributed by atoms with van der Waals surface area (Å²) in [5.74, 6) is -1.00. The highest BCUT2D eigenvalue weighted by atomic mass is 16.2. The topological polar surface area (TPSA) is 87.3 Å². The predicted molar refractivity (Wildman–Crippen MR) is 72.3 cm³/mol. The molecular weight excluding hydrogens is 258 g/mol. The van der Waals surface area contributed by atoms with Crippen LogP contribution in [0.5, 0.6) is 0 Å². The van der Waals surface area contributed by atoms with Crippen LogP contribution in [-0.4, -0.2) is 30.3 Å². The number of carbonyl (C=O) groups excluding carboxylic acids is 3. The number of piperidine rings is 1. The van der Waals surface area contributed by atoms with E-state index in [0.717, 1.165) is 24.2 Å². The van der Waals surface area contributed by atoms with Crippen LogP contribution in [0.15, 0.2) is 18.2 Å². The maximum atomic E-state index is 12.1. The van der Waals surface area contributed by atoms with E-state index in [1.54, 1.807) is 6.07 Å². The van der Waals surface area contributed by atoms with E-state index in [-0.39, 0.29) is 18.2 Å². The number of amides is 3. The Hall–Kier alpha value is -2.37. The van der Waals surface area contributed by atoms with E-state index in [4.69, 9.17) is 0 Å². The summed E-state index contributed by atoms with van der Waals surface area (Å²) in [6, 6.07) is 4.82. The summed E-state index contributed by atoms with van der Waals surface area (Å²) >= 11 is 0. The number of hydrogen-bond donors (Lipinski definition) is 3. The van der Waals surface area contributed by atoms with Gasteiger partial charge in [-0.2, -0.15) is 0 Å². The summed E-state index contributed by atoms with van der Waals surface area (Å²) in [5, 5.41) is 8.12. The lowest BCUT2D eigenvalue weighted by atomic mass is 10.0. The maximum absolute atomic E-state index is 12.1. The number of fused-ring (bicyclic) bond motifs is 1. The van der Waals surface area contributed by atoms with Gasteiger partial charge in [0, 0.05) is 24.2 Å². The first-order valence-corrected chi connectivity index (χ1v) is 6.65. The zero-order valence-corrected chi connectivity index (χ0v) is 10.9. The molecule has 0 bridgehead atoms. The monoisotopic (exact) mass is 273 g/mol. The normalized spacial score (nSPS) is 20.9. The number of nitrogens with one attached hydrogen (secondary N) is 3. The molecule has 3 N–H and O–H groups in total. The third kappa shape index (κ3) is 2.36. The molecule has 1 aromatic rings. The maximum Gasteiger partial charge on any atom is 0.251 e. The summed E-state index contributed by atoms with van der Waals surface area (Å²) in [4.78, 5) is 34.8. The smallest absolute Gasteiger partial charge is 0.251 e. The van der Waals surface area contributed by atoms with Crippen molar-refractivity contribution in [3.05, 3.63) is 29.3 Å². The van der Waals surface area contributed by atoms with Crippen LogP contribution in [0.3, 0.4) is 0 Å². The molecule has 104 valence electrons. The molecule has 2 aliphatic heterocycles. The van der Waals surface area contributed by atoms with Crippen LogP contribution in [0, 0.1) is 0 Å². The minimum Gasteiger partial charge on any atom is -0.384 e. The Labute approximate surface area is 115 Å². The van der Waals surface area contributed by atoms with Crippen LogP contribution >= 0.6 is 0 Å². The molecule has 3 amide bonds. The molecule has 1 saturated heterocycles. The Morgan fingerprint density at radius 2 is 2.10 bits per heavy atom. The van der Waals surface area contributed by atoms with Crippen molar-refractivity contribution in [3.63, 3.8) is 0 Å². The van der Waals surface area contributed by atoms with Gasteiger partial charge in [0.1, 0.15) is 6.04 Å². The van der Waals surface area contributed by atoms with E-state index < -0.39 is 11.9 Å². The van der Waals surface area contributed by atoms with Crippen LogP contribution in [0.25, 0.3) is 0 Å². The van der Waals surface area contributed by atoms with Crippen LogP contribution < -0.4 is 16.0 Å². The summed E-state index contributed by atoms with van der Waals surface area (Å²) in [6.45, 7) is 0.882. The fourth-order valence-corrected chi connectivity index (χ4v) is 2.52. The second-order valence-corrected chi connectivity index (χ2v) is 5.03. The van der Waals surface area contributed by atoms with E-state index in [1.165, 1.54) is 0 Å². The first-order valence-electron chi connectivity index (χ1n) is 6.65. The van der Waals surface area contributed by atoms with Crippen molar-refractivity contribution < 1.29 is 14.4 Å². The van der Waals surface area contributed by atoms with Crippen molar-refractivity contribution >= 4 is 23.4 Å². The minimum absolute atomic E-state index is 0.255. The SMILES string of the molecule is O=C1CCC(NC(=O)c2ccc3c(c2)CCN3)C(=O)N1. The summed E-state index contributed by atoms with van der Waals surface area (Å²) in [5.41, 5.74) is 2.71. The van der Waals surface area contributed by atoms with Crippen LogP contribution in [0.2, 0.25) is 0 Å². The second kappa shape index (κ2) is 4.96. The zero-order chi connectivity index (χ0) is 14.1. The molecule has 2 aliphatic rings. The van der Waals surface area contributed by atoms with Gasteiger partial charge in [-0.25, -0.2) is 0 Å². The quantitative estimate of drug-likeness (QED) is 0.671. The highest BCUT2D eigenvalue weighted by Gasteiger charge is 2.28. The number of anilines is 1. The molecule has 1 aromatic carbocycles. The van der Waals surface area contributed by atoms with E-state index >= 15 is 0 Å². The molecule has 1 atom stereocenters. The fourth-order valence-electron chi connectivity index (χ4n) is 2.52. The number of hydrogen-bond acceptors (Lipinski definition) is 4. The third-order valence-corrected chi connectivity index (χ3v) is 3.62. The van der Waals surface area contributed by atoms with Gasteiger partial charge >= 0.3 is 0 Å². The summed E-state index contributed by atoms with van der Waals surface area (Å²) in [7, 11) is 0. The number of imide groups is 1. The first kappa shape index (κ1) is 12.7. The Balaban J connectivity index is 1.70. The molecule has 1 unspecified atom stereocenters. The molecule has 1 fully saturated rings. The predicted octanol–water partition coefficient (Wildman–Crippen LogP) is 0.190.